The van der Waals surface area contributed by atoms with Gasteiger partial charge >= 0.3 is 0 Å². The van der Waals surface area contributed by atoms with Gasteiger partial charge < -0.3 is 5.73 Å². The van der Waals surface area contributed by atoms with Crippen molar-refractivity contribution in [2.75, 3.05) is 0 Å². The predicted molar refractivity (Wildman–Crippen MR) is 73.7 cm³/mol. The second-order valence-corrected chi connectivity index (χ2v) is 6.37. The monoisotopic (exact) mass is 299 g/mol. The lowest BCUT2D eigenvalue weighted by Crippen LogP contribution is -2.27. The van der Waals surface area contributed by atoms with Gasteiger partial charge in [-0.1, -0.05) is 19.8 Å². The zero-order valence-electron chi connectivity index (χ0n) is 10.9. The molecule has 0 spiro atoms. The van der Waals surface area contributed by atoms with Gasteiger partial charge in [-0.2, -0.15) is 5.10 Å². The van der Waals surface area contributed by atoms with E-state index in [1.807, 2.05) is 6.20 Å². The van der Waals surface area contributed by atoms with Crippen LogP contribution in [-0.4, -0.2) is 9.78 Å². The summed E-state index contributed by atoms with van der Waals surface area (Å²) in [6, 6.07) is 0.464. The summed E-state index contributed by atoms with van der Waals surface area (Å²) >= 11 is 3.59. The van der Waals surface area contributed by atoms with Crippen LogP contribution in [0.3, 0.4) is 0 Å². The van der Waals surface area contributed by atoms with Crippen LogP contribution < -0.4 is 5.73 Å². The minimum atomic E-state index is 0.103. The highest BCUT2D eigenvalue weighted by atomic mass is 79.9. The van der Waals surface area contributed by atoms with Gasteiger partial charge in [0, 0.05) is 6.04 Å². The van der Waals surface area contributed by atoms with Gasteiger partial charge in [-0.15, -0.1) is 0 Å². The van der Waals surface area contributed by atoms with Crippen LogP contribution in [0.25, 0.3) is 0 Å². The molecule has 1 fully saturated rings. The summed E-state index contributed by atoms with van der Waals surface area (Å²) in [5.41, 5.74) is 7.65. The standard InChI is InChI=1S/C13H22BrN3/c1-8(2)17-13(11(14)7-16-17)12(15)10-6-4-5-9(10)3/h7-10,12H,4-6,15H2,1-3H3. The van der Waals surface area contributed by atoms with Gasteiger partial charge in [-0.25, -0.2) is 0 Å². The number of hydrogen-bond acceptors (Lipinski definition) is 2. The number of rotatable bonds is 3. The first kappa shape index (κ1) is 13.1. The van der Waals surface area contributed by atoms with Crippen LogP contribution in [0, 0.1) is 11.8 Å². The van der Waals surface area contributed by atoms with Crippen molar-refractivity contribution in [2.24, 2.45) is 17.6 Å². The fourth-order valence-electron chi connectivity index (χ4n) is 2.98. The van der Waals surface area contributed by atoms with E-state index in [1.54, 1.807) is 0 Å². The van der Waals surface area contributed by atoms with E-state index in [-0.39, 0.29) is 6.04 Å². The average Bonchev–Trinajstić information content (AvgIpc) is 2.83. The number of nitrogens with zero attached hydrogens (tertiary/aromatic N) is 2. The van der Waals surface area contributed by atoms with Gasteiger partial charge in [0.25, 0.3) is 0 Å². The van der Waals surface area contributed by atoms with Crippen LogP contribution in [0.5, 0.6) is 0 Å². The summed E-state index contributed by atoms with van der Waals surface area (Å²) in [5, 5.41) is 4.42. The van der Waals surface area contributed by atoms with Crippen molar-refractivity contribution < 1.29 is 0 Å². The van der Waals surface area contributed by atoms with Gasteiger partial charge in [-0.3, -0.25) is 4.68 Å². The summed E-state index contributed by atoms with van der Waals surface area (Å²) in [7, 11) is 0. The molecule has 3 nitrogen and oxygen atoms in total. The lowest BCUT2D eigenvalue weighted by atomic mass is 9.89. The van der Waals surface area contributed by atoms with E-state index in [0.717, 1.165) is 10.4 Å². The molecular formula is C13H22BrN3. The first-order chi connectivity index (χ1) is 8.02. The number of hydrogen-bond donors (Lipinski definition) is 1. The van der Waals surface area contributed by atoms with E-state index in [9.17, 15) is 0 Å². The molecule has 1 aliphatic rings. The van der Waals surface area contributed by atoms with Crippen molar-refractivity contribution in [1.82, 2.24) is 9.78 Å². The molecule has 1 aromatic rings. The molecule has 2 rings (SSSR count). The maximum absolute atomic E-state index is 6.48. The lowest BCUT2D eigenvalue weighted by Gasteiger charge is -2.25. The van der Waals surface area contributed by atoms with Crippen molar-refractivity contribution in [3.05, 3.63) is 16.4 Å². The highest BCUT2D eigenvalue weighted by molar-refractivity contribution is 9.10. The molecule has 0 aromatic carbocycles. The Kier molecular flexibility index (Phi) is 3.93. The van der Waals surface area contributed by atoms with Crippen LogP contribution in [0.2, 0.25) is 0 Å². The number of nitrogens with two attached hydrogens (primary N) is 1. The lowest BCUT2D eigenvalue weighted by molar-refractivity contribution is 0.329. The van der Waals surface area contributed by atoms with E-state index in [4.69, 9.17) is 5.73 Å². The zero-order chi connectivity index (χ0) is 12.6. The third-order valence-corrected chi connectivity index (χ3v) is 4.59. The minimum Gasteiger partial charge on any atom is -0.322 e. The summed E-state index contributed by atoms with van der Waals surface area (Å²) in [6.07, 6.45) is 5.74. The molecule has 1 saturated carbocycles. The largest absolute Gasteiger partial charge is 0.322 e. The molecule has 2 N–H and O–H groups in total. The minimum absolute atomic E-state index is 0.103. The molecular weight excluding hydrogens is 278 g/mol. The van der Waals surface area contributed by atoms with E-state index >= 15 is 0 Å². The fraction of sp³-hybridized carbons (Fsp3) is 0.769. The summed E-state index contributed by atoms with van der Waals surface area (Å²) in [5.74, 6) is 1.33. The Morgan fingerprint density at radius 1 is 1.47 bits per heavy atom. The van der Waals surface area contributed by atoms with E-state index < -0.39 is 0 Å². The van der Waals surface area contributed by atoms with Crippen molar-refractivity contribution >= 4 is 15.9 Å². The summed E-state index contributed by atoms with van der Waals surface area (Å²) in [6.45, 7) is 6.61. The normalized spacial score (nSPS) is 26.7. The molecule has 1 aliphatic carbocycles. The van der Waals surface area contributed by atoms with Gasteiger partial charge in [0.15, 0.2) is 0 Å². The SMILES string of the molecule is CC1CCCC1C(N)c1c(Br)cnn1C(C)C. The highest BCUT2D eigenvalue weighted by Crippen LogP contribution is 2.40. The molecule has 0 amide bonds. The van der Waals surface area contributed by atoms with E-state index in [2.05, 4.69) is 46.5 Å². The second-order valence-electron chi connectivity index (χ2n) is 5.51. The van der Waals surface area contributed by atoms with E-state index in [0.29, 0.717) is 12.0 Å². The average molecular weight is 300 g/mol. The molecule has 96 valence electrons. The van der Waals surface area contributed by atoms with Crippen LogP contribution in [0.4, 0.5) is 0 Å². The highest BCUT2D eigenvalue weighted by Gasteiger charge is 2.32. The van der Waals surface area contributed by atoms with Crippen molar-refractivity contribution in [3.63, 3.8) is 0 Å². The van der Waals surface area contributed by atoms with Crippen molar-refractivity contribution in [2.45, 2.75) is 52.1 Å². The molecule has 0 bridgehead atoms. The Morgan fingerprint density at radius 2 is 2.18 bits per heavy atom. The van der Waals surface area contributed by atoms with Crippen molar-refractivity contribution in [3.8, 4) is 0 Å². The topological polar surface area (TPSA) is 43.8 Å². The maximum Gasteiger partial charge on any atom is 0.0699 e. The van der Waals surface area contributed by atoms with Crippen LogP contribution in [-0.2, 0) is 0 Å². The Morgan fingerprint density at radius 3 is 2.71 bits per heavy atom. The fourth-order valence-corrected chi connectivity index (χ4v) is 3.52. The molecule has 0 radical (unpaired) electrons. The van der Waals surface area contributed by atoms with Gasteiger partial charge in [0.05, 0.1) is 22.4 Å². The third kappa shape index (κ3) is 2.43. The summed E-state index contributed by atoms with van der Waals surface area (Å²) in [4.78, 5) is 0. The predicted octanol–water partition coefficient (Wildman–Crippen LogP) is 3.66. The van der Waals surface area contributed by atoms with Gasteiger partial charge in [0.2, 0.25) is 0 Å². The number of halogens is 1. The molecule has 0 saturated heterocycles. The number of aromatic nitrogens is 2. The first-order valence-corrected chi connectivity index (χ1v) is 7.30. The Hall–Kier alpha value is -0.350. The van der Waals surface area contributed by atoms with Crippen LogP contribution in [0.15, 0.2) is 10.7 Å². The van der Waals surface area contributed by atoms with E-state index in [1.165, 1.54) is 25.0 Å². The smallest absolute Gasteiger partial charge is 0.0699 e. The van der Waals surface area contributed by atoms with Crippen LogP contribution >= 0.6 is 15.9 Å². The third-order valence-electron chi connectivity index (χ3n) is 3.98. The van der Waals surface area contributed by atoms with Gasteiger partial charge in [-0.05, 0) is 48.0 Å². The Bertz CT molecular complexity index is 386. The summed E-state index contributed by atoms with van der Waals surface area (Å²) < 4.78 is 3.11. The molecule has 1 aromatic heterocycles. The molecule has 1 heterocycles. The first-order valence-electron chi connectivity index (χ1n) is 6.50. The molecule has 0 aliphatic heterocycles. The van der Waals surface area contributed by atoms with Gasteiger partial charge in [0.1, 0.15) is 0 Å². The quantitative estimate of drug-likeness (QED) is 0.925. The Balaban J connectivity index is 2.29. The van der Waals surface area contributed by atoms with Crippen molar-refractivity contribution in [1.29, 1.82) is 0 Å². The molecule has 4 heteroatoms. The zero-order valence-corrected chi connectivity index (χ0v) is 12.4. The molecule has 17 heavy (non-hydrogen) atoms. The van der Waals surface area contributed by atoms with Crippen LogP contribution in [0.1, 0.15) is 57.8 Å². The molecule has 3 unspecified atom stereocenters. The Labute approximate surface area is 112 Å². The maximum atomic E-state index is 6.48. The second kappa shape index (κ2) is 5.11. The molecule has 3 atom stereocenters.